The van der Waals surface area contributed by atoms with E-state index in [2.05, 4.69) is 10.5 Å². The monoisotopic (exact) mass is 372 g/mol. The lowest BCUT2D eigenvalue weighted by atomic mass is 10.2. The van der Waals surface area contributed by atoms with Crippen LogP contribution in [0.4, 0.5) is 4.79 Å². The number of hydrazone groups is 1. The molecular weight excluding hydrogens is 352 g/mol. The highest BCUT2D eigenvalue weighted by Gasteiger charge is 2.13. The normalized spacial score (nSPS) is 10.3. The molecule has 0 saturated heterocycles. The Balaban J connectivity index is 2.07. The first kappa shape index (κ1) is 19.8. The van der Waals surface area contributed by atoms with Crippen molar-refractivity contribution in [2.75, 3.05) is 20.8 Å². The van der Waals surface area contributed by atoms with Crippen LogP contribution < -0.4 is 19.6 Å². The molecule has 2 rings (SSSR count). The molecule has 27 heavy (non-hydrogen) atoms. The molecule has 0 aliphatic rings. The number of nitrogens with one attached hydrogen (secondary N) is 1. The van der Waals surface area contributed by atoms with Crippen molar-refractivity contribution < 1.29 is 28.5 Å². The van der Waals surface area contributed by atoms with Gasteiger partial charge in [-0.25, -0.2) is 15.0 Å². The predicted molar refractivity (Wildman–Crippen MR) is 98.7 cm³/mol. The van der Waals surface area contributed by atoms with Crippen molar-refractivity contribution in [3.8, 4) is 17.2 Å². The fraction of sp³-hybridized carbons (Fsp3) is 0.211. The summed E-state index contributed by atoms with van der Waals surface area (Å²) in [6.07, 6.45) is 0.764. The predicted octanol–water partition coefficient (Wildman–Crippen LogP) is 3.00. The van der Waals surface area contributed by atoms with Crippen LogP contribution in [-0.4, -0.2) is 39.1 Å². The van der Waals surface area contributed by atoms with Crippen LogP contribution >= 0.6 is 0 Å². The fourth-order valence-corrected chi connectivity index (χ4v) is 2.06. The minimum atomic E-state index is -0.647. The van der Waals surface area contributed by atoms with Crippen molar-refractivity contribution in [1.29, 1.82) is 0 Å². The molecule has 0 bridgehead atoms. The third kappa shape index (κ3) is 5.74. The van der Waals surface area contributed by atoms with E-state index in [4.69, 9.17) is 18.9 Å². The molecule has 0 atom stereocenters. The van der Waals surface area contributed by atoms with Crippen LogP contribution in [0.25, 0.3) is 0 Å². The Hall–Kier alpha value is -3.55. The highest BCUT2D eigenvalue weighted by Crippen LogP contribution is 2.28. The average molecular weight is 372 g/mol. The van der Waals surface area contributed by atoms with Gasteiger partial charge in [0.15, 0.2) is 11.5 Å². The summed E-state index contributed by atoms with van der Waals surface area (Å²) in [4.78, 5) is 23.4. The summed E-state index contributed by atoms with van der Waals surface area (Å²) in [6, 6.07) is 11.4. The van der Waals surface area contributed by atoms with Crippen LogP contribution in [0.1, 0.15) is 22.8 Å². The van der Waals surface area contributed by atoms with Gasteiger partial charge >= 0.3 is 12.1 Å². The Bertz CT molecular complexity index is 817. The molecule has 8 nitrogen and oxygen atoms in total. The van der Waals surface area contributed by atoms with E-state index >= 15 is 0 Å². The highest BCUT2D eigenvalue weighted by atomic mass is 16.6. The van der Waals surface area contributed by atoms with E-state index in [0.29, 0.717) is 22.6 Å². The molecular formula is C19H20N2O6. The van der Waals surface area contributed by atoms with Crippen molar-refractivity contribution >= 4 is 18.3 Å². The number of methoxy groups -OCH3 is 2. The van der Waals surface area contributed by atoms with E-state index in [1.165, 1.54) is 13.3 Å². The third-order valence-corrected chi connectivity index (χ3v) is 3.36. The van der Waals surface area contributed by atoms with E-state index < -0.39 is 12.1 Å². The van der Waals surface area contributed by atoms with Gasteiger partial charge in [0, 0.05) is 0 Å². The molecule has 1 N–H and O–H groups in total. The van der Waals surface area contributed by atoms with Gasteiger partial charge in [-0.15, -0.1) is 0 Å². The third-order valence-electron chi connectivity index (χ3n) is 3.36. The zero-order valence-electron chi connectivity index (χ0n) is 15.2. The second-order valence-electron chi connectivity index (χ2n) is 5.12. The maximum Gasteiger partial charge on any atom is 0.427 e. The molecule has 0 spiro atoms. The maximum atomic E-state index is 12.3. The number of hydrogen-bond donors (Lipinski definition) is 1. The summed E-state index contributed by atoms with van der Waals surface area (Å²) in [5.41, 5.74) is 3.23. The van der Waals surface area contributed by atoms with E-state index in [-0.39, 0.29) is 12.4 Å². The second-order valence-corrected chi connectivity index (χ2v) is 5.12. The molecule has 0 unspecified atom stereocenters. The Morgan fingerprint density at radius 3 is 2.41 bits per heavy atom. The highest BCUT2D eigenvalue weighted by molar-refractivity contribution is 5.91. The molecule has 0 saturated carbocycles. The zero-order chi connectivity index (χ0) is 19.6. The molecule has 2 aromatic rings. The first-order valence-corrected chi connectivity index (χ1v) is 8.07. The van der Waals surface area contributed by atoms with Gasteiger partial charge in [0.05, 0.1) is 32.6 Å². The lowest BCUT2D eigenvalue weighted by Gasteiger charge is -2.10. The first-order chi connectivity index (χ1) is 13.1. The van der Waals surface area contributed by atoms with Crippen molar-refractivity contribution in [2.45, 2.75) is 6.92 Å². The van der Waals surface area contributed by atoms with Crippen LogP contribution in [-0.2, 0) is 4.74 Å². The molecule has 142 valence electrons. The van der Waals surface area contributed by atoms with Crippen molar-refractivity contribution in [3.05, 3.63) is 53.6 Å². The molecule has 0 fully saturated rings. The smallest absolute Gasteiger partial charge is 0.427 e. The summed E-state index contributed by atoms with van der Waals surface area (Å²) < 4.78 is 20.4. The minimum Gasteiger partial charge on any atom is -0.497 e. The fourth-order valence-electron chi connectivity index (χ4n) is 2.06. The zero-order valence-corrected chi connectivity index (χ0v) is 15.2. The van der Waals surface area contributed by atoms with Gasteiger partial charge in [-0.05, 0) is 55.0 Å². The number of carbonyl (C=O) groups is 2. The Morgan fingerprint density at radius 2 is 1.78 bits per heavy atom. The van der Waals surface area contributed by atoms with Gasteiger partial charge in [-0.3, -0.25) is 0 Å². The van der Waals surface area contributed by atoms with Gasteiger partial charge in [0.25, 0.3) is 0 Å². The van der Waals surface area contributed by atoms with Crippen LogP contribution in [0.2, 0.25) is 0 Å². The lowest BCUT2D eigenvalue weighted by Crippen LogP contribution is -2.18. The number of nitrogens with zero attached hydrogens (tertiary/aromatic N) is 1. The molecule has 0 aromatic heterocycles. The number of esters is 1. The summed E-state index contributed by atoms with van der Waals surface area (Å²) in [5.74, 6) is 0.719. The largest absolute Gasteiger partial charge is 0.497 e. The number of ether oxygens (including phenoxy) is 4. The molecule has 1 amide bonds. The molecule has 2 aromatic carbocycles. The SMILES string of the molecule is CCOC(=O)NN=Cc1ccc(OC(=O)c2ccc(OC)cc2)c(OC)c1. The van der Waals surface area contributed by atoms with Crippen LogP contribution in [0.3, 0.4) is 0 Å². The summed E-state index contributed by atoms with van der Waals surface area (Å²) >= 11 is 0. The van der Waals surface area contributed by atoms with Crippen LogP contribution in [0.15, 0.2) is 47.6 Å². The standard InChI is InChI=1S/C19H20N2O6/c1-4-26-19(23)21-20-12-13-5-10-16(17(11-13)25-3)27-18(22)14-6-8-15(24-2)9-7-14/h5-12H,4H2,1-3H3,(H,21,23). The number of rotatable bonds is 7. The minimum absolute atomic E-state index is 0.253. The molecule has 0 radical (unpaired) electrons. The molecule has 0 aliphatic heterocycles. The Labute approximate surface area is 156 Å². The molecule has 0 aliphatic carbocycles. The number of hydrogen-bond acceptors (Lipinski definition) is 7. The van der Waals surface area contributed by atoms with E-state index in [0.717, 1.165) is 0 Å². The van der Waals surface area contributed by atoms with Gasteiger partial charge < -0.3 is 18.9 Å². The average Bonchev–Trinajstić information content (AvgIpc) is 2.69. The second kappa shape index (κ2) is 9.81. The van der Waals surface area contributed by atoms with Crippen LogP contribution in [0, 0.1) is 0 Å². The quantitative estimate of drug-likeness (QED) is 0.347. The Kier molecular flexibility index (Phi) is 7.18. The molecule has 8 heteroatoms. The van der Waals surface area contributed by atoms with Crippen LogP contribution in [0.5, 0.6) is 17.2 Å². The molecule has 0 heterocycles. The summed E-state index contributed by atoms with van der Waals surface area (Å²) in [6.45, 7) is 1.95. The topological polar surface area (TPSA) is 95.5 Å². The van der Waals surface area contributed by atoms with Crippen molar-refractivity contribution in [2.24, 2.45) is 5.10 Å². The maximum absolute atomic E-state index is 12.3. The number of benzene rings is 2. The number of amides is 1. The van der Waals surface area contributed by atoms with Gasteiger partial charge in [0.2, 0.25) is 0 Å². The summed E-state index contributed by atoms with van der Waals surface area (Å²) in [7, 11) is 3.00. The number of carbonyl (C=O) groups excluding carboxylic acids is 2. The van der Waals surface area contributed by atoms with Gasteiger partial charge in [-0.1, -0.05) is 0 Å². The van der Waals surface area contributed by atoms with E-state index in [1.807, 2.05) is 0 Å². The van der Waals surface area contributed by atoms with Crippen molar-refractivity contribution in [1.82, 2.24) is 5.43 Å². The Morgan fingerprint density at radius 1 is 1.04 bits per heavy atom. The first-order valence-electron chi connectivity index (χ1n) is 8.07. The van der Waals surface area contributed by atoms with Gasteiger partial charge in [-0.2, -0.15) is 5.10 Å². The van der Waals surface area contributed by atoms with E-state index in [9.17, 15) is 9.59 Å². The van der Waals surface area contributed by atoms with E-state index in [1.54, 1.807) is 56.5 Å². The lowest BCUT2D eigenvalue weighted by molar-refractivity contribution is 0.0729. The van der Waals surface area contributed by atoms with Crippen molar-refractivity contribution in [3.63, 3.8) is 0 Å². The van der Waals surface area contributed by atoms with Gasteiger partial charge in [0.1, 0.15) is 5.75 Å². The summed E-state index contributed by atoms with van der Waals surface area (Å²) in [5, 5.41) is 3.77.